The van der Waals surface area contributed by atoms with E-state index in [0.717, 1.165) is 30.2 Å². The molecule has 0 saturated carbocycles. The minimum Gasteiger partial charge on any atom is -0.330 e. The third-order valence-corrected chi connectivity index (χ3v) is 5.55. The summed E-state index contributed by atoms with van der Waals surface area (Å²) in [7, 11) is 1.92. The van der Waals surface area contributed by atoms with Gasteiger partial charge >= 0.3 is 0 Å². The maximum Gasteiger partial charge on any atom is 0.282 e. The van der Waals surface area contributed by atoms with Crippen molar-refractivity contribution in [2.24, 2.45) is 7.05 Å². The molecule has 0 amide bonds. The van der Waals surface area contributed by atoms with E-state index in [4.69, 9.17) is 0 Å². The van der Waals surface area contributed by atoms with E-state index in [1.165, 1.54) is 31.3 Å². The molecule has 1 aliphatic carbocycles. The third kappa shape index (κ3) is 3.29. The zero-order chi connectivity index (χ0) is 18.8. The highest BCUT2D eigenvalue weighted by molar-refractivity contribution is 5.59. The summed E-state index contributed by atoms with van der Waals surface area (Å²) >= 11 is 0. The third-order valence-electron chi connectivity index (χ3n) is 5.55. The zero-order valence-corrected chi connectivity index (χ0v) is 16.1. The molecule has 0 spiro atoms. The lowest BCUT2D eigenvalue weighted by molar-refractivity contribution is 0.628. The van der Waals surface area contributed by atoms with Gasteiger partial charge in [0, 0.05) is 31.7 Å². The summed E-state index contributed by atoms with van der Waals surface area (Å²) in [4.78, 5) is 17.8. The van der Waals surface area contributed by atoms with Crippen LogP contribution in [0.4, 0.5) is 0 Å². The average Bonchev–Trinajstić information content (AvgIpc) is 3.24. The molecular weight excluding hydrogens is 336 g/mol. The smallest absolute Gasteiger partial charge is 0.282 e. The Bertz CT molecular complexity index is 1020. The number of aryl methyl sites for hydroxylation is 1. The number of imidazole rings is 1. The number of allylic oxidation sites excluding steroid dienone is 2. The molecule has 2 heterocycles. The maximum atomic E-state index is 13.2. The number of benzene rings is 1. The molecule has 0 bridgehead atoms. The van der Waals surface area contributed by atoms with Crippen molar-refractivity contribution in [2.75, 3.05) is 0 Å². The first-order valence-electron chi connectivity index (χ1n) is 9.70. The van der Waals surface area contributed by atoms with E-state index >= 15 is 0 Å². The summed E-state index contributed by atoms with van der Waals surface area (Å²) in [6.07, 6.45) is 12.2. The Balaban J connectivity index is 1.70. The Morgan fingerprint density at radius 3 is 2.70 bits per heavy atom. The molecule has 0 atom stereocenters. The lowest BCUT2D eigenvalue weighted by atomic mass is 9.97. The fourth-order valence-corrected chi connectivity index (χ4v) is 3.94. The minimum atomic E-state index is -0.0227. The monoisotopic (exact) mass is 362 g/mol. The molecule has 0 aliphatic heterocycles. The van der Waals surface area contributed by atoms with Crippen molar-refractivity contribution >= 4 is 0 Å². The second-order valence-electron chi connectivity index (χ2n) is 7.24. The van der Waals surface area contributed by atoms with Crippen LogP contribution in [0, 0.1) is 6.92 Å². The summed E-state index contributed by atoms with van der Waals surface area (Å²) in [6.45, 7) is 2.85. The van der Waals surface area contributed by atoms with Crippen molar-refractivity contribution in [3.8, 4) is 17.1 Å². The Hall–Kier alpha value is -2.82. The van der Waals surface area contributed by atoms with Crippen molar-refractivity contribution < 1.29 is 0 Å². The van der Waals surface area contributed by atoms with Crippen LogP contribution in [0.1, 0.15) is 37.8 Å². The topological polar surface area (TPSA) is 44.8 Å². The average molecular weight is 362 g/mol. The highest BCUT2D eigenvalue weighted by Crippen LogP contribution is 2.24. The van der Waals surface area contributed by atoms with E-state index in [0.29, 0.717) is 5.56 Å². The lowest BCUT2D eigenvalue weighted by Gasteiger charge is -2.13. The summed E-state index contributed by atoms with van der Waals surface area (Å²) in [5.74, 6) is 0.763. The van der Waals surface area contributed by atoms with E-state index in [-0.39, 0.29) is 5.56 Å². The molecule has 3 aromatic rings. The molecule has 5 nitrogen and oxygen atoms in total. The predicted octanol–water partition coefficient (Wildman–Crippen LogP) is 4.24. The van der Waals surface area contributed by atoms with E-state index < -0.39 is 0 Å². The van der Waals surface area contributed by atoms with Gasteiger partial charge in [0.25, 0.3) is 5.56 Å². The summed E-state index contributed by atoms with van der Waals surface area (Å²) in [5, 5.41) is 0. The Morgan fingerprint density at radius 2 is 1.96 bits per heavy atom. The fourth-order valence-electron chi connectivity index (χ4n) is 3.94. The zero-order valence-electron chi connectivity index (χ0n) is 16.1. The van der Waals surface area contributed by atoms with E-state index in [2.05, 4.69) is 15.6 Å². The maximum absolute atomic E-state index is 13.2. The molecule has 0 unspecified atom stereocenters. The van der Waals surface area contributed by atoms with Crippen LogP contribution in [0.3, 0.4) is 0 Å². The van der Waals surface area contributed by atoms with Gasteiger partial charge in [-0.15, -0.1) is 0 Å². The molecule has 0 fully saturated rings. The van der Waals surface area contributed by atoms with Gasteiger partial charge in [0.15, 0.2) is 0 Å². The molecule has 140 valence electrons. The quantitative estimate of drug-likeness (QED) is 0.637. The first-order valence-corrected chi connectivity index (χ1v) is 9.70. The number of para-hydroxylation sites is 1. The minimum absolute atomic E-state index is 0.0227. The van der Waals surface area contributed by atoms with Gasteiger partial charge in [-0.25, -0.2) is 9.67 Å². The van der Waals surface area contributed by atoms with Gasteiger partial charge in [-0.3, -0.25) is 9.48 Å². The second-order valence-corrected chi connectivity index (χ2v) is 7.24. The number of hydrogen-bond donors (Lipinski definition) is 0. The first kappa shape index (κ1) is 17.6. The van der Waals surface area contributed by atoms with Crippen LogP contribution in [0.5, 0.6) is 0 Å². The largest absolute Gasteiger partial charge is 0.330 e. The van der Waals surface area contributed by atoms with Crippen LogP contribution in [-0.4, -0.2) is 18.9 Å². The van der Waals surface area contributed by atoms with Crippen LogP contribution >= 0.6 is 0 Å². The van der Waals surface area contributed by atoms with E-state index in [1.54, 1.807) is 10.9 Å². The van der Waals surface area contributed by atoms with Crippen LogP contribution in [0.25, 0.3) is 17.1 Å². The van der Waals surface area contributed by atoms with Crippen LogP contribution < -0.4 is 5.56 Å². The van der Waals surface area contributed by atoms with Crippen molar-refractivity contribution in [3.63, 3.8) is 0 Å². The Morgan fingerprint density at radius 1 is 1.15 bits per heavy atom. The fraction of sp³-hybridized carbons (Fsp3) is 0.364. The normalized spacial score (nSPS) is 14.4. The lowest BCUT2D eigenvalue weighted by Crippen LogP contribution is -2.20. The van der Waals surface area contributed by atoms with Crippen LogP contribution in [0.2, 0.25) is 0 Å². The number of aromatic nitrogens is 4. The summed E-state index contributed by atoms with van der Waals surface area (Å²) < 4.78 is 5.75. The highest BCUT2D eigenvalue weighted by Gasteiger charge is 2.21. The SMILES string of the molecule is Cc1c(-c2nccn2CCC2=CCCCC2)c(=O)n(-c2ccccc2)n1C. The van der Waals surface area contributed by atoms with Crippen molar-refractivity contribution in [2.45, 2.75) is 45.6 Å². The van der Waals surface area contributed by atoms with Gasteiger partial charge in [0.2, 0.25) is 0 Å². The predicted molar refractivity (Wildman–Crippen MR) is 108 cm³/mol. The number of hydrogen-bond acceptors (Lipinski definition) is 2. The Kier molecular flexibility index (Phi) is 4.84. The molecule has 0 radical (unpaired) electrons. The Labute approximate surface area is 159 Å². The highest BCUT2D eigenvalue weighted by atomic mass is 16.1. The van der Waals surface area contributed by atoms with Crippen molar-refractivity contribution in [1.29, 1.82) is 0 Å². The van der Waals surface area contributed by atoms with Crippen molar-refractivity contribution in [3.05, 3.63) is 70.4 Å². The standard InChI is InChI=1S/C22H26N4O/c1-17-20(22(27)26(24(17)2)19-11-7-4-8-12-19)21-23-14-16-25(21)15-13-18-9-5-3-6-10-18/h4,7-9,11-12,14,16H,3,5-6,10,13,15H2,1-2H3. The van der Waals surface area contributed by atoms with Crippen molar-refractivity contribution in [1.82, 2.24) is 18.9 Å². The molecule has 27 heavy (non-hydrogen) atoms. The molecule has 5 heteroatoms. The van der Waals surface area contributed by atoms with Gasteiger partial charge in [0.05, 0.1) is 5.69 Å². The summed E-state index contributed by atoms with van der Waals surface area (Å²) in [5.41, 5.74) is 3.99. The van der Waals surface area contributed by atoms with Gasteiger partial charge in [-0.2, -0.15) is 0 Å². The molecule has 0 N–H and O–H groups in total. The number of nitrogens with zero attached hydrogens (tertiary/aromatic N) is 4. The molecule has 2 aromatic heterocycles. The van der Waals surface area contributed by atoms with Crippen LogP contribution in [0.15, 0.2) is 59.2 Å². The van der Waals surface area contributed by atoms with E-state index in [1.807, 2.05) is 55.2 Å². The van der Waals surface area contributed by atoms with Gasteiger partial charge in [-0.1, -0.05) is 29.8 Å². The van der Waals surface area contributed by atoms with Gasteiger partial charge < -0.3 is 4.57 Å². The second kappa shape index (κ2) is 7.43. The van der Waals surface area contributed by atoms with E-state index in [9.17, 15) is 4.79 Å². The summed E-state index contributed by atoms with van der Waals surface area (Å²) in [6, 6.07) is 9.75. The van der Waals surface area contributed by atoms with Gasteiger partial charge in [0.1, 0.15) is 11.4 Å². The molecule has 1 aromatic carbocycles. The van der Waals surface area contributed by atoms with Gasteiger partial charge in [-0.05, 0) is 51.2 Å². The molecule has 1 aliphatic rings. The number of rotatable bonds is 5. The first-order chi connectivity index (χ1) is 13.2. The van der Waals surface area contributed by atoms with Crippen LogP contribution in [-0.2, 0) is 13.6 Å². The molecular formula is C22H26N4O. The molecule has 0 saturated heterocycles. The molecule has 4 rings (SSSR count).